The number of aryl methyl sites for hydroxylation is 2. The molecule has 1 heterocycles. The van der Waals surface area contributed by atoms with E-state index in [-0.39, 0.29) is 26.3 Å². The molecule has 0 unspecified atom stereocenters. The third kappa shape index (κ3) is 9.10. The highest BCUT2D eigenvalue weighted by atomic mass is 32.2. The van der Waals surface area contributed by atoms with Gasteiger partial charge in [-0.15, -0.1) is 11.3 Å². The summed E-state index contributed by atoms with van der Waals surface area (Å²) < 4.78 is 54.8. The van der Waals surface area contributed by atoms with E-state index in [1.54, 1.807) is 22.5 Å². The fourth-order valence-corrected chi connectivity index (χ4v) is 4.98. The zero-order valence-corrected chi connectivity index (χ0v) is 23.0. The van der Waals surface area contributed by atoms with Gasteiger partial charge in [0.25, 0.3) is 20.2 Å². The number of rotatable bonds is 12. The average Bonchev–Trinajstić information content (AvgIpc) is 3.13. The topological polar surface area (TPSA) is 115 Å². The average molecular weight is 552 g/mol. The Morgan fingerprint density at radius 2 is 1.44 bits per heavy atom. The van der Waals surface area contributed by atoms with Crippen LogP contribution in [0, 0.1) is 13.8 Å². The van der Waals surface area contributed by atoms with E-state index >= 15 is 0 Å². The normalized spacial score (nSPS) is 12.3. The molecule has 0 aliphatic rings. The summed E-state index contributed by atoms with van der Waals surface area (Å²) in [5.41, 5.74) is 4.50. The van der Waals surface area contributed by atoms with Gasteiger partial charge in [-0.05, 0) is 43.7 Å². The molecule has 0 amide bonds. The van der Waals surface area contributed by atoms with Gasteiger partial charge in [0, 0.05) is 35.4 Å². The summed E-state index contributed by atoms with van der Waals surface area (Å²) in [7, 11) is -7.16. The lowest BCUT2D eigenvalue weighted by atomic mass is 10.1. The van der Waals surface area contributed by atoms with Gasteiger partial charge in [-0.25, -0.2) is 4.98 Å². The van der Waals surface area contributed by atoms with Gasteiger partial charge in [0.05, 0.1) is 42.1 Å². The van der Waals surface area contributed by atoms with Crippen molar-refractivity contribution in [2.24, 2.45) is 4.99 Å². The molecule has 0 aliphatic heterocycles. The van der Waals surface area contributed by atoms with Crippen molar-refractivity contribution in [3.8, 4) is 11.3 Å². The second-order valence-corrected chi connectivity index (χ2v) is 12.8. The van der Waals surface area contributed by atoms with Crippen molar-refractivity contribution in [3.05, 3.63) is 64.0 Å². The number of thiazole rings is 1. The fraction of sp³-hybridized carbons (Fsp3) is 0.333. The summed E-state index contributed by atoms with van der Waals surface area (Å²) in [6.45, 7) is 4.38. The van der Waals surface area contributed by atoms with Crippen molar-refractivity contribution in [1.82, 2.24) is 4.98 Å². The van der Waals surface area contributed by atoms with Gasteiger partial charge in [-0.3, -0.25) is 13.4 Å². The lowest BCUT2D eigenvalue weighted by Crippen LogP contribution is -2.32. The van der Waals surface area contributed by atoms with Crippen LogP contribution in [-0.4, -0.2) is 66.8 Å². The summed E-state index contributed by atoms with van der Waals surface area (Å²) in [4.78, 5) is 12.1. The molecule has 0 fully saturated rings. The van der Waals surface area contributed by atoms with Crippen molar-refractivity contribution in [2.45, 2.75) is 13.8 Å². The van der Waals surface area contributed by atoms with Crippen molar-refractivity contribution in [1.29, 1.82) is 0 Å². The third-order valence-corrected chi connectivity index (χ3v) is 7.06. The molecule has 3 rings (SSSR count). The second-order valence-electron chi connectivity index (χ2n) is 8.07. The van der Waals surface area contributed by atoms with Crippen LogP contribution in [0.4, 0.5) is 11.4 Å². The zero-order chi connectivity index (χ0) is 26.3. The van der Waals surface area contributed by atoms with E-state index in [0.717, 1.165) is 45.7 Å². The number of benzene rings is 2. The first-order chi connectivity index (χ1) is 16.9. The fourth-order valence-electron chi connectivity index (χ4n) is 3.39. The van der Waals surface area contributed by atoms with Crippen molar-refractivity contribution < 1.29 is 25.2 Å². The molecular weight excluding hydrogens is 522 g/mol. The Kier molecular flexibility index (Phi) is 9.36. The largest absolute Gasteiger partial charge is 0.367 e. The van der Waals surface area contributed by atoms with Gasteiger partial charge in [0.2, 0.25) is 0 Å². The number of nitrogens with zero attached hydrogens (tertiary/aromatic N) is 3. The van der Waals surface area contributed by atoms with Crippen LogP contribution < -0.4 is 4.90 Å². The Balaban J connectivity index is 1.66. The predicted octanol–water partition coefficient (Wildman–Crippen LogP) is 3.94. The van der Waals surface area contributed by atoms with Crippen LogP contribution in [0.1, 0.15) is 15.4 Å². The summed E-state index contributed by atoms with van der Waals surface area (Å²) >= 11 is 1.68. The molecule has 194 valence electrons. The van der Waals surface area contributed by atoms with Gasteiger partial charge in [-0.2, -0.15) is 16.8 Å². The summed E-state index contributed by atoms with van der Waals surface area (Å²) in [5, 5.41) is 1.04. The third-order valence-electron chi connectivity index (χ3n) is 4.98. The van der Waals surface area contributed by atoms with Crippen LogP contribution in [0.25, 0.3) is 11.3 Å². The van der Waals surface area contributed by atoms with E-state index in [2.05, 4.69) is 16.9 Å². The van der Waals surface area contributed by atoms with E-state index in [1.165, 1.54) is 4.88 Å². The summed E-state index contributed by atoms with van der Waals surface area (Å²) in [5.74, 6) is 0. The van der Waals surface area contributed by atoms with E-state index in [9.17, 15) is 16.8 Å². The van der Waals surface area contributed by atoms with Crippen molar-refractivity contribution in [2.75, 3.05) is 43.7 Å². The van der Waals surface area contributed by atoms with E-state index < -0.39 is 20.2 Å². The minimum atomic E-state index is -3.58. The minimum absolute atomic E-state index is 0.0725. The molecule has 0 saturated heterocycles. The summed E-state index contributed by atoms with van der Waals surface area (Å²) in [6.07, 6.45) is 3.71. The standard InChI is InChI=1S/C24H29N3O6S3/c1-18-24(26-19(2)34-18)21-7-9-22(10-8-21)25-17-20-5-11-23(12-6-20)27(13-15-32-35(3,28)29)14-16-33-36(4,30)31/h5-12,17H,13-16H2,1-4H3. The van der Waals surface area contributed by atoms with Gasteiger partial charge in [0.1, 0.15) is 0 Å². The molecule has 3 aromatic rings. The molecule has 0 radical (unpaired) electrons. The Morgan fingerprint density at radius 1 is 0.889 bits per heavy atom. The maximum Gasteiger partial charge on any atom is 0.264 e. The second kappa shape index (κ2) is 12.1. The highest BCUT2D eigenvalue weighted by Gasteiger charge is 2.11. The van der Waals surface area contributed by atoms with Gasteiger partial charge in [0.15, 0.2) is 0 Å². The van der Waals surface area contributed by atoms with Crippen LogP contribution in [-0.2, 0) is 28.6 Å². The van der Waals surface area contributed by atoms with Crippen molar-refractivity contribution >= 4 is 49.2 Å². The number of aromatic nitrogens is 1. The maximum atomic E-state index is 11.3. The molecule has 0 bridgehead atoms. The lowest BCUT2D eigenvalue weighted by molar-refractivity contribution is 0.309. The molecule has 2 aromatic carbocycles. The molecule has 0 N–H and O–H groups in total. The smallest absolute Gasteiger partial charge is 0.264 e. The Labute approximate surface area is 216 Å². The zero-order valence-electron chi connectivity index (χ0n) is 20.5. The number of hydrogen-bond acceptors (Lipinski definition) is 10. The van der Waals surface area contributed by atoms with E-state index in [4.69, 9.17) is 8.37 Å². The SMILES string of the molecule is Cc1nc(-c2ccc(N=Cc3ccc(N(CCOS(C)(=O)=O)CCOS(C)(=O)=O)cc3)cc2)c(C)s1. The van der Waals surface area contributed by atoms with Gasteiger partial charge >= 0.3 is 0 Å². The quantitative estimate of drug-likeness (QED) is 0.246. The first-order valence-corrected chi connectivity index (χ1v) is 15.5. The van der Waals surface area contributed by atoms with E-state index in [1.807, 2.05) is 55.5 Å². The summed E-state index contributed by atoms with van der Waals surface area (Å²) in [6, 6.07) is 15.3. The highest BCUT2D eigenvalue weighted by molar-refractivity contribution is 7.86. The van der Waals surface area contributed by atoms with Crippen LogP contribution in [0.5, 0.6) is 0 Å². The molecule has 12 heteroatoms. The van der Waals surface area contributed by atoms with E-state index in [0.29, 0.717) is 0 Å². The lowest BCUT2D eigenvalue weighted by Gasteiger charge is -2.24. The number of hydrogen-bond donors (Lipinski definition) is 0. The Morgan fingerprint density at radius 3 is 1.92 bits per heavy atom. The molecule has 0 atom stereocenters. The van der Waals surface area contributed by atoms with Crippen LogP contribution in [0.2, 0.25) is 0 Å². The maximum absolute atomic E-state index is 11.3. The first kappa shape index (κ1) is 27.9. The molecule has 9 nitrogen and oxygen atoms in total. The number of aliphatic imine (C=N–C) groups is 1. The molecule has 0 aliphatic carbocycles. The van der Waals surface area contributed by atoms with Crippen LogP contribution in [0.15, 0.2) is 53.5 Å². The first-order valence-electron chi connectivity index (χ1n) is 11.0. The van der Waals surface area contributed by atoms with Gasteiger partial charge in [-0.1, -0.05) is 24.3 Å². The van der Waals surface area contributed by atoms with Crippen LogP contribution >= 0.6 is 11.3 Å². The van der Waals surface area contributed by atoms with Crippen molar-refractivity contribution in [3.63, 3.8) is 0 Å². The molecule has 1 aromatic heterocycles. The molecular formula is C24H29N3O6S3. The molecule has 36 heavy (non-hydrogen) atoms. The Bertz CT molecular complexity index is 1360. The monoisotopic (exact) mass is 551 g/mol. The highest BCUT2D eigenvalue weighted by Crippen LogP contribution is 2.28. The number of anilines is 1. The van der Waals surface area contributed by atoms with Gasteiger partial charge < -0.3 is 4.90 Å². The molecule has 0 spiro atoms. The predicted molar refractivity (Wildman–Crippen MR) is 145 cm³/mol. The van der Waals surface area contributed by atoms with Crippen LogP contribution in [0.3, 0.4) is 0 Å². The Hall–Kier alpha value is -2.64. The molecule has 0 saturated carbocycles. The minimum Gasteiger partial charge on any atom is -0.367 e.